The highest BCUT2D eigenvalue weighted by atomic mass is 35.5. The Kier molecular flexibility index (Phi) is 6.50. The summed E-state index contributed by atoms with van der Waals surface area (Å²) >= 11 is 11.9. The monoisotopic (exact) mass is 423 g/mol. The minimum absolute atomic E-state index is 0.119. The molecule has 0 aromatic heterocycles. The first-order valence-corrected chi connectivity index (χ1v) is 9.35. The minimum Gasteiger partial charge on any atom is -0.326 e. The number of nitriles is 1. The second-order valence-electron chi connectivity index (χ2n) is 6.20. The zero-order valence-corrected chi connectivity index (χ0v) is 16.6. The molecule has 29 heavy (non-hydrogen) atoms. The van der Waals surface area contributed by atoms with Crippen LogP contribution in [0.15, 0.2) is 66.7 Å². The van der Waals surface area contributed by atoms with Crippen LogP contribution in [0.1, 0.15) is 21.5 Å². The maximum absolute atomic E-state index is 12.5. The van der Waals surface area contributed by atoms with Gasteiger partial charge in [0.1, 0.15) is 0 Å². The van der Waals surface area contributed by atoms with Crippen LogP contribution in [0.25, 0.3) is 0 Å². The Balaban J connectivity index is 1.66. The standard InChI is InChI=1S/C22H15Cl2N3O2/c23-19-8-7-14(10-20(19)24)11-21(28)26-18-6-2-4-16(12-18)22(29)27-17-5-1-3-15(9-17)13-25/h1-10,12H,11H2,(H,26,28)(H,27,29). The smallest absolute Gasteiger partial charge is 0.255 e. The van der Waals surface area contributed by atoms with Crippen LogP contribution < -0.4 is 10.6 Å². The third kappa shape index (κ3) is 5.58. The van der Waals surface area contributed by atoms with Crippen molar-refractivity contribution in [2.24, 2.45) is 0 Å². The molecule has 0 spiro atoms. The second-order valence-corrected chi connectivity index (χ2v) is 7.02. The van der Waals surface area contributed by atoms with E-state index in [1.807, 2.05) is 6.07 Å². The molecule has 0 saturated heterocycles. The largest absolute Gasteiger partial charge is 0.326 e. The lowest BCUT2D eigenvalue weighted by atomic mass is 10.1. The summed E-state index contributed by atoms with van der Waals surface area (Å²) in [4.78, 5) is 24.8. The zero-order chi connectivity index (χ0) is 20.8. The van der Waals surface area contributed by atoms with E-state index in [1.165, 1.54) is 0 Å². The average Bonchev–Trinajstić information content (AvgIpc) is 2.71. The van der Waals surface area contributed by atoms with Crippen LogP contribution in [0, 0.1) is 11.3 Å². The molecule has 0 aliphatic rings. The molecule has 2 N–H and O–H groups in total. The highest BCUT2D eigenvalue weighted by Gasteiger charge is 2.10. The molecule has 2 amide bonds. The third-order valence-corrected chi connectivity index (χ3v) is 4.75. The average molecular weight is 424 g/mol. The van der Waals surface area contributed by atoms with E-state index in [2.05, 4.69) is 10.6 Å². The highest BCUT2D eigenvalue weighted by Crippen LogP contribution is 2.23. The van der Waals surface area contributed by atoms with Crippen molar-refractivity contribution in [3.63, 3.8) is 0 Å². The molecule has 0 saturated carbocycles. The van der Waals surface area contributed by atoms with Gasteiger partial charge in [0.25, 0.3) is 5.91 Å². The van der Waals surface area contributed by atoms with Crippen molar-refractivity contribution >= 4 is 46.4 Å². The predicted octanol–water partition coefficient (Wildman–Crippen LogP) is 5.30. The molecule has 3 aromatic rings. The molecule has 0 fully saturated rings. The molecule has 0 aliphatic carbocycles. The fourth-order valence-electron chi connectivity index (χ4n) is 2.65. The molecule has 0 atom stereocenters. The van der Waals surface area contributed by atoms with Gasteiger partial charge in [-0.1, -0.05) is 41.4 Å². The fraction of sp³-hybridized carbons (Fsp3) is 0.0455. The quantitative estimate of drug-likeness (QED) is 0.583. The lowest BCUT2D eigenvalue weighted by Gasteiger charge is -2.09. The molecule has 7 heteroatoms. The maximum atomic E-state index is 12.5. The summed E-state index contributed by atoms with van der Waals surface area (Å²) in [6.07, 6.45) is 0.119. The van der Waals surface area contributed by atoms with Crippen molar-refractivity contribution in [2.45, 2.75) is 6.42 Å². The van der Waals surface area contributed by atoms with E-state index < -0.39 is 0 Å². The molecule has 144 valence electrons. The molecule has 5 nitrogen and oxygen atoms in total. The summed E-state index contributed by atoms with van der Waals surface area (Å²) in [6, 6.07) is 20.2. The zero-order valence-electron chi connectivity index (χ0n) is 15.1. The van der Waals surface area contributed by atoms with Gasteiger partial charge in [-0.05, 0) is 54.1 Å². The molecule has 0 aliphatic heterocycles. The fourth-order valence-corrected chi connectivity index (χ4v) is 2.97. The Labute approximate surface area is 177 Å². The number of benzene rings is 3. The number of halogens is 2. The van der Waals surface area contributed by atoms with Gasteiger partial charge in [-0.15, -0.1) is 0 Å². The van der Waals surface area contributed by atoms with Crippen LogP contribution in [0.2, 0.25) is 10.0 Å². The van der Waals surface area contributed by atoms with Crippen molar-refractivity contribution in [1.82, 2.24) is 0 Å². The second kappa shape index (κ2) is 9.24. The molecule has 3 rings (SSSR count). The van der Waals surface area contributed by atoms with E-state index in [4.69, 9.17) is 28.5 Å². The third-order valence-electron chi connectivity index (χ3n) is 4.01. The Morgan fingerprint density at radius 1 is 0.862 bits per heavy atom. The van der Waals surface area contributed by atoms with Crippen LogP contribution in [0.4, 0.5) is 11.4 Å². The first kappa shape index (κ1) is 20.4. The van der Waals surface area contributed by atoms with E-state index in [9.17, 15) is 9.59 Å². The van der Waals surface area contributed by atoms with Gasteiger partial charge >= 0.3 is 0 Å². The van der Waals surface area contributed by atoms with E-state index in [0.717, 1.165) is 5.56 Å². The molecular weight excluding hydrogens is 409 g/mol. The number of nitrogens with one attached hydrogen (secondary N) is 2. The number of anilines is 2. The molecule has 3 aromatic carbocycles. The summed E-state index contributed by atoms with van der Waals surface area (Å²) in [5, 5.41) is 15.3. The summed E-state index contributed by atoms with van der Waals surface area (Å²) < 4.78 is 0. The molecular formula is C22H15Cl2N3O2. The van der Waals surface area contributed by atoms with E-state index in [0.29, 0.717) is 32.5 Å². The first-order valence-electron chi connectivity index (χ1n) is 8.60. The maximum Gasteiger partial charge on any atom is 0.255 e. The van der Waals surface area contributed by atoms with Gasteiger partial charge in [0.2, 0.25) is 5.91 Å². The number of hydrogen-bond acceptors (Lipinski definition) is 3. The predicted molar refractivity (Wildman–Crippen MR) is 114 cm³/mol. The number of carbonyl (C=O) groups excluding carboxylic acids is 2. The molecule has 0 unspecified atom stereocenters. The SMILES string of the molecule is N#Cc1cccc(NC(=O)c2cccc(NC(=O)Cc3ccc(Cl)c(Cl)c3)c2)c1. The first-order chi connectivity index (χ1) is 13.9. The number of rotatable bonds is 5. The van der Waals surface area contributed by atoms with Crippen molar-refractivity contribution in [3.05, 3.63) is 93.5 Å². The van der Waals surface area contributed by atoms with Crippen molar-refractivity contribution in [3.8, 4) is 6.07 Å². The lowest BCUT2D eigenvalue weighted by Crippen LogP contribution is -2.16. The van der Waals surface area contributed by atoms with Gasteiger partial charge in [0.15, 0.2) is 0 Å². The topological polar surface area (TPSA) is 82.0 Å². The Hall–Kier alpha value is -3.33. The van der Waals surface area contributed by atoms with Gasteiger partial charge in [-0.25, -0.2) is 0 Å². The van der Waals surface area contributed by atoms with Crippen molar-refractivity contribution in [2.75, 3.05) is 10.6 Å². The number of nitrogens with zero attached hydrogens (tertiary/aromatic N) is 1. The van der Waals surface area contributed by atoms with Gasteiger partial charge in [-0.2, -0.15) is 5.26 Å². The summed E-state index contributed by atoms with van der Waals surface area (Å²) in [6.45, 7) is 0. The van der Waals surface area contributed by atoms with Gasteiger partial charge in [0, 0.05) is 16.9 Å². The van der Waals surface area contributed by atoms with Crippen LogP contribution in [0.3, 0.4) is 0 Å². The van der Waals surface area contributed by atoms with E-state index >= 15 is 0 Å². The summed E-state index contributed by atoms with van der Waals surface area (Å²) in [5.41, 5.74) is 2.56. The van der Waals surface area contributed by atoms with Crippen LogP contribution >= 0.6 is 23.2 Å². The molecule has 0 radical (unpaired) electrons. The minimum atomic E-state index is -0.347. The van der Waals surface area contributed by atoms with Gasteiger partial charge < -0.3 is 10.6 Å². The van der Waals surface area contributed by atoms with Crippen molar-refractivity contribution in [1.29, 1.82) is 5.26 Å². The van der Waals surface area contributed by atoms with Crippen molar-refractivity contribution < 1.29 is 9.59 Å². The van der Waals surface area contributed by atoms with Gasteiger partial charge in [-0.3, -0.25) is 9.59 Å². The normalized spacial score (nSPS) is 10.1. The van der Waals surface area contributed by atoms with E-state index in [-0.39, 0.29) is 18.2 Å². The number of carbonyl (C=O) groups is 2. The van der Waals surface area contributed by atoms with Crippen LogP contribution in [0.5, 0.6) is 0 Å². The lowest BCUT2D eigenvalue weighted by molar-refractivity contribution is -0.115. The Morgan fingerprint density at radius 3 is 2.31 bits per heavy atom. The Bertz CT molecular complexity index is 1120. The summed E-state index contributed by atoms with van der Waals surface area (Å²) in [7, 11) is 0. The van der Waals surface area contributed by atoms with Crippen LogP contribution in [-0.2, 0) is 11.2 Å². The van der Waals surface area contributed by atoms with E-state index in [1.54, 1.807) is 66.7 Å². The molecule has 0 bridgehead atoms. The number of amides is 2. The van der Waals surface area contributed by atoms with Crippen LogP contribution in [-0.4, -0.2) is 11.8 Å². The Morgan fingerprint density at radius 2 is 1.59 bits per heavy atom. The highest BCUT2D eigenvalue weighted by molar-refractivity contribution is 6.42. The van der Waals surface area contributed by atoms with Gasteiger partial charge in [0.05, 0.1) is 28.1 Å². The summed E-state index contributed by atoms with van der Waals surface area (Å²) in [5.74, 6) is -0.594. The number of hydrogen-bond donors (Lipinski definition) is 2. The molecule has 0 heterocycles.